The predicted molar refractivity (Wildman–Crippen MR) is 76.2 cm³/mol. The van der Waals surface area contributed by atoms with E-state index < -0.39 is 17.9 Å². The minimum Gasteiger partial charge on any atom is -0.480 e. The highest BCUT2D eigenvalue weighted by atomic mass is 32.2. The van der Waals surface area contributed by atoms with Gasteiger partial charge in [0.05, 0.1) is 0 Å². The molecule has 0 bridgehead atoms. The van der Waals surface area contributed by atoms with Crippen LogP contribution in [0.2, 0.25) is 0 Å². The molecule has 1 fully saturated rings. The van der Waals surface area contributed by atoms with E-state index in [-0.39, 0.29) is 11.6 Å². The van der Waals surface area contributed by atoms with Crippen LogP contribution in [0.1, 0.15) is 17.4 Å². The molecule has 2 N–H and O–H groups in total. The number of hydrogen-bond acceptors (Lipinski definition) is 6. The Morgan fingerprint density at radius 3 is 2.90 bits per heavy atom. The maximum absolute atomic E-state index is 12.3. The SMILES string of the molecule is CC(=O)Nc1nc(C(=O)N2CCSCC2C(=O)O)cs1. The van der Waals surface area contributed by atoms with Crippen LogP contribution in [-0.2, 0) is 9.59 Å². The lowest BCUT2D eigenvalue weighted by Crippen LogP contribution is -2.50. The maximum atomic E-state index is 12.3. The zero-order valence-electron chi connectivity index (χ0n) is 10.7. The number of carboxylic acid groups (broad SMARTS) is 1. The van der Waals surface area contributed by atoms with E-state index in [9.17, 15) is 14.4 Å². The number of aromatic nitrogens is 1. The summed E-state index contributed by atoms with van der Waals surface area (Å²) >= 11 is 2.65. The second kappa shape index (κ2) is 6.23. The molecule has 1 atom stereocenters. The second-order valence-corrected chi connectivity index (χ2v) is 6.15. The molecule has 2 rings (SSSR count). The third-order valence-corrected chi connectivity index (χ3v) is 4.46. The molecule has 1 aliphatic heterocycles. The average Bonchev–Trinajstić information content (AvgIpc) is 2.85. The molecule has 1 aliphatic rings. The summed E-state index contributed by atoms with van der Waals surface area (Å²) in [5.41, 5.74) is 0.164. The van der Waals surface area contributed by atoms with Crippen LogP contribution in [0, 0.1) is 0 Å². The first-order chi connectivity index (χ1) is 9.49. The maximum Gasteiger partial charge on any atom is 0.327 e. The van der Waals surface area contributed by atoms with E-state index in [1.807, 2.05) is 0 Å². The molecule has 0 aliphatic carbocycles. The van der Waals surface area contributed by atoms with Crippen molar-refractivity contribution >= 4 is 46.0 Å². The number of carbonyl (C=O) groups excluding carboxylic acids is 2. The first-order valence-corrected chi connectivity index (χ1v) is 7.87. The Hall–Kier alpha value is -1.61. The zero-order chi connectivity index (χ0) is 14.7. The number of thiazole rings is 1. The van der Waals surface area contributed by atoms with Gasteiger partial charge in [0.2, 0.25) is 5.91 Å². The largest absolute Gasteiger partial charge is 0.480 e. The Morgan fingerprint density at radius 1 is 1.50 bits per heavy atom. The molecule has 0 aromatic carbocycles. The van der Waals surface area contributed by atoms with Crippen LogP contribution in [0.15, 0.2) is 5.38 Å². The molecule has 0 radical (unpaired) electrons. The van der Waals surface area contributed by atoms with Crippen molar-refractivity contribution < 1.29 is 19.5 Å². The van der Waals surface area contributed by atoms with Crippen LogP contribution in [0.3, 0.4) is 0 Å². The van der Waals surface area contributed by atoms with E-state index in [2.05, 4.69) is 10.3 Å². The molecule has 1 unspecified atom stereocenters. The van der Waals surface area contributed by atoms with Gasteiger partial charge >= 0.3 is 5.97 Å². The number of carboxylic acids is 1. The number of anilines is 1. The van der Waals surface area contributed by atoms with Gasteiger partial charge in [0.15, 0.2) is 5.13 Å². The lowest BCUT2D eigenvalue weighted by Gasteiger charge is -2.31. The van der Waals surface area contributed by atoms with E-state index >= 15 is 0 Å². The van der Waals surface area contributed by atoms with Gasteiger partial charge in [-0.3, -0.25) is 9.59 Å². The molecule has 108 valence electrons. The topological polar surface area (TPSA) is 99.6 Å². The summed E-state index contributed by atoms with van der Waals surface area (Å²) in [4.78, 5) is 39.7. The molecule has 9 heteroatoms. The van der Waals surface area contributed by atoms with Crippen molar-refractivity contribution in [3.8, 4) is 0 Å². The summed E-state index contributed by atoms with van der Waals surface area (Å²) in [5.74, 6) is -0.605. The van der Waals surface area contributed by atoms with Crippen molar-refractivity contribution in [1.82, 2.24) is 9.88 Å². The fourth-order valence-electron chi connectivity index (χ4n) is 1.78. The number of nitrogens with zero attached hydrogens (tertiary/aromatic N) is 2. The van der Waals surface area contributed by atoms with Crippen LogP contribution in [0.25, 0.3) is 0 Å². The first-order valence-electron chi connectivity index (χ1n) is 5.83. The quantitative estimate of drug-likeness (QED) is 0.853. The van der Waals surface area contributed by atoms with Gasteiger partial charge < -0.3 is 15.3 Å². The fraction of sp³-hybridized carbons (Fsp3) is 0.455. The number of amides is 2. The van der Waals surface area contributed by atoms with Crippen LogP contribution in [0.4, 0.5) is 5.13 Å². The van der Waals surface area contributed by atoms with Gasteiger partial charge in [-0.2, -0.15) is 11.8 Å². The van der Waals surface area contributed by atoms with E-state index in [1.165, 1.54) is 29.0 Å². The number of thioether (sulfide) groups is 1. The van der Waals surface area contributed by atoms with Crippen LogP contribution >= 0.6 is 23.1 Å². The highest BCUT2D eigenvalue weighted by molar-refractivity contribution is 7.99. The smallest absolute Gasteiger partial charge is 0.327 e. The molecule has 1 aromatic rings. The Bertz CT molecular complexity index is 546. The van der Waals surface area contributed by atoms with Crippen LogP contribution in [-0.4, -0.2) is 56.9 Å². The monoisotopic (exact) mass is 315 g/mol. The first kappa shape index (κ1) is 14.8. The molecule has 7 nitrogen and oxygen atoms in total. The lowest BCUT2D eigenvalue weighted by atomic mass is 10.2. The number of hydrogen-bond donors (Lipinski definition) is 2. The van der Waals surface area contributed by atoms with Gasteiger partial charge in [-0.25, -0.2) is 9.78 Å². The Balaban J connectivity index is 2.14. The Morgan fingerprint density at radius 2 is 2.25 bits per heavy atom. The van der Waals surface area contributed by atoms with Gasteiger partial charge in [-0.15, -0.1) is 11.3 Å². The van der Waals surface area contributed by atoms with Crippen LogP contribution < -0.4 is 5.32 Å². The molecule has 0 saturated carbocycles. The molecule has 1 aromatic heterocycles. The van der Waals surface area contributed by atoms with Gasteiger partial charge in [-0.1, -0.05) is 0 Å². The van der Waals surface area contributed by atoms with Gasteiger partial charge in [0, 0.05) is 30.4 Å². The van der Waals surface area contributed by atoms with Crippen molar-refractivity contribution in [2.75, 3.05) is 23.4 Å². The number of rotatable bonds is 3. The Labute approximate surface area is 123 Å². The molecule has 2 heterocycles. The van der Waals surface area contributed by atoms with Gasteiger partial charge in [-0.05, 0) is 0 Å². The van der Waals surface area contributed by atoms with Crippen LogP contribution in [0.5, 0.6) is 0 Å². The second-order valence-electron chi connectivity index (χ2n) is 4.15. The normalized spacial score (nSPS) is 18.6. The number of aliphatic carboxylic acids is 1. The van der Waals surface area contributed by atoms with Crippen molar-refractivity contribution in [3.05, 3.63) is 11.1 Å². The molecule has 2 amide bonds. The summed E-state index contributed by atoms with van der Waals surface area (Å²) in [6, 6.07) is -0.827. The molecular formula is C11H13N3O4S2. The molecule has 0 spiro atoms. The van der Waals surface area contributed by atoms with Gasteiger partial charge in [0.1, 0.15) is 11.7 Å². The number of nitrogens with one attached hydrogen (secondary N) is 1. The van der Waals surface area contributed by atoms with E-state index in [0.29, 0.717) is 23.2 Å². The third kappa shape index (κ3) is 3.28. The molecular weight excluding hydrogens is 302 g/mol. The minimum atomic E-state index is -1.01. The molecule has 1 saturated heterocycles. The fourth-order valence-corrected chi connectivity index (χ4v) is 3.55. The van der Waals surface area contributed by atoms with E-state index in [1.54, 1.807) is 0 Å². The van der Waals surface area contributed by atoms with E-state index in [4.69, 9.17) is 5.11 Å². The average molecular weight is 315 g/mol. The summed E-state index contributed by atoms with van der Waals surface area (Å²) in [6.45, 7) is 1.73. The van der Waals surface area contributed by atoms with Crippen molar-refractivity contribution in [1.29, 1.82) is 0 Å². The minimum absolute atomic E-state index is 0.164. The summed E-state index contributed by atoms with van der Waals surface area (Å²) in [6.07, 6.45) is 0. The van der Waals surface area contributed by atoms with Crippen molar-refractivity contribution in [2.45, 2.75) is 13.0 Å². The highest BCUT2D eigenvalue weighted by Gasteiger charge is 2.33. The van der Waals surface area contributed by atoms with Crippen molar-refractivity contribution in [2.24, 2.45) is 0 Å². The van der Waals surface area contributed by atoms with Gasteiger partial charge in [0.25, 0.3) is 5.91 Å². The summed E-state index contributed by atoms with van der Waals surface area (Å²) in [5, 5.41) is 13.5. The third-order valence-electron chi connectivity index (χ3n) is 2.68. The lowest BCUT2D eigenvalue weighted by molar-refractivity contribution is -0.141. The van der Waals surface area contributed by atoms with E-state index in [0.717, 1.165) is 11.3 Å². The summed E-state index contributed by atoms with van der Waals surface area (Å²) < 4.78 is 0. The molecule has 20 heavy (non-hydrogen) atoms. The zero-order valence-corrected chi connectivity index (χ0v) is 12.3. The highest BCUT2D eigenvalue weighted by Crippen LogP contribution is 2.22. The number of carbonyl (C=O) groups is 3. The van der Waals surface area contributed by atoms with Crippen molar-refractivity contribution in [3.63, 3.8) is 0 Å². The standard InChI is InChI=1S/C11H13N3O4S2/c1-6(15)12-11-13-7(4-20-11)9(16)14-2-3-19-5-8(14)10(17)18/h4,8H,2-3,5H2,1H3,(H,17,18)(H,12,13,15). The predicted octanol–water partition coefficient (Wildman–Crippen LogP) is 0.744. The summed E-state index contributed by atoms with van der Waals surface area (Å²) in [7, 11) is 0. The Kier molecular flexibility index (Phi) is 4.61.